The summed E-state index contributed by atoms with van der Waals surface area (Å²) < 4.78 is 0. The quantitative estimate of drug-likeness (QED) is 0.758. The summed E-state index contributed by atoms with van der Waals surface area (Å²) in [7, 11) is 0. The predicted octanol–water partition coefficient (Wildman–Crippen LogP) is 1.70. The van der Waals surface area contributed by atoms with Crippen molar-refractivity contribution < 1.29 is 36.2 Å². The first-order valence-electron chi connectivity index (χ1n) is 2.54. The van der Waals surface area contributed by atoms with Gasteiger partial charge in [-0.1, -0.05) is 12.1 Å². The molecule has 0 heterocycles. The standard InChI is InChI=1S/C7H8O.U/c1-6-3-2-4-7(8)5-6;/h2-5,8H,1H3;. The summed E-state index contributed by atoms with van der Waals surface area (Å²) in [6.07, 6.45) is 0. The number of phenols is 1. The molecule has 0 unspecified atom stereocenters. The fourth-order valence-corrected chi connectivity index (χ4v) is 0.628. The second-order valence-electron chi connectivity index (χ2n) is 1.84. The van der Waals surface area contributed by atoms with E-state index in [0.717, 1.165) is 5.56 Å². The van der Waals surface area contributed by atoms with E-state index in [1.165, 1.54) is 0 Å². The van der Waals surface area contributed by atoms with Gasteiger partial charge < -0.3 is 5.11 Å². The molecule has 1 aromatic rings. The van der Waals surface area contributed by atoms with Crippen LogP contribution in [0.15, 0.2) is 24.3 Å². The molecule has 9 heavy (non-hydrogen) atoms. The molecule has 0 amide bonds. The maximum Gasteiger partial charge on any atom is 0.115 e. The molecule has 0 atom stereocenters. The van der Waals surface area contributed by atoms with Crippen molar-refractivity contribution in [2.75, 3.05) is 0 Å². The Morgan fingerprint density at radius 2 is 2.00 bits per heavy atom. The van der Waals surface area contributed by atoms with Gasteiger partial charge in [0.2, 0.25) is 0 Å². The molecule has 0 fully saturated rings. The van der Waals surface area contributed by atoms with E-state index in [0.29, 0.717) is 5.75 Å². The van der Waals surface area contributed by atoms with Crippen LogP contribution in [-0.4, -0.2) is 5.11 Å². The van der Waals surface area contributed by atoms with Gasteiger partial charge in [0.1, 0.15) is 5.75 Å². The first kappa shape index (κ1) is 9.07. The Balaban J connectivity index is 0.000000640. The molecule has 0 bridgehead atoms. The van der Waals surface area contributed by atoms with Gasteiger partial charge in [0.25, 0.3) is 0 Å². The summed E-state index contributed by atoms with van der Waals surface area (Å²) in [6.45, 7) is 1.94. The molecule has 0 spiro atoms. The Hall–Kier alpha value is 0.0719. The van der Waals surface area contributed by atoms with Gasteiger partial charge in [-0.2, -0.15) is 0 Å². The van der Waals surface area contributed by atoms with E-state index in [1.54, 1.807) is 12.1 Å². The molecule has 1 N–H and O–H groups in total. The van der Waals surface area contributed by atoms with E-state index in [2.05, 4.69) is 0 Å². The fourth-order valence-electron chi connectivity index (χ4n) is 0.628. The zero-order valence-corrected chi connectivity index (χ0v) is 9.42. The summed E-state index contributed by atoms with van der Waals surface area (Å²) >= 11 is 0. The Kier molecular flexibility index (Phi) is 4.01. The van der Waals surface area contributed by atoms with Crippen LogP contribution in [0.5, 0.6) is 5.75 Å². The van der Waals surface area contributed by atoms with Crippen LogP contribution in [-0.2, 0) is 0 Å². The Labute approximate surface area is 78.5 Å². The molecule has 0 radical (unpaired) electrons. The minimum absolute atomic E-state index is 0. The van der Waals surface area contributed by atoms with E-state index >= 15 is 0 Å². The van der Waals surface area contributed by atoms with Gasteiger partial charge in [0.05, 0.1) is 0 Å². The normalized spacial score (nSPS) is 8.11. The Morgan fingerprint density at radius 1 is 1.33 bits per heavy atom. The smallest absolute Gasteiger partial charge is 0.115 e. The van der Waals surface area contributed by atoms with Gasteiger partial charge in [0, 0.05) is 31.1 Å². The SMILES string of the molecule is Cc1cccc(O)c1.[U]. The second kappa shape index (κ2) is 3.98. The van der Waals surface area contributed by atoms with Crippen molar-refractivity contribution in [1.82, 2.24) is 0 Å². The zero-order valence-electron chi connectivity index (χ0n) is 5.26. The average Bonchev–Trinajstić information content (AvgIpc) is 1.64. The second-order valence-corrected chi connectivity index (χ2v) is 1.84. The first-order chi connectivity index (χ1) is 3.79. The summed E-state index contributed by atoms with van der Waals surface area (Å²) in [5.41, 5.74) is 1.09. The van der Waals surface area contributed by atoms with E-state index in [9.17, 15) is 0 Å². The van der Waals surface area contributed by atoms with Crippen molar-refractivity contribution in [2.24, 2.45) is 0 Å². The van der Waals surface area contributed by atoms with Gasteiger partial charge >= 0.3 is 0 Å². The summed E-state index contributed by atoms with van der Waals surface area (Å²) in [5, 5.41) is 8.81. The van der Waals surface area contributed by atoms with E-state index in [4.69, 9.17) is 5.11 Å². The van der Waals surface area contributed by atoms with E-state index in [1.807, 2.05) is 19.1 Å². The number of hydrogen-bond acceptors (Lipinski definition) is 1. The fraction of sp³-hybridized carbons (Fsp3) is 0.143. The Bertz CT molecular complexity index is 169. The van der Waals surface area contributed by atoms with Gasteiger partial charge in [-0.3, -0.25) is 0 Å². The van der Waals surface area contributed by atoms with Gasteiger partial charge in [-0.15, -0.1) is 0 Å². The largest absolute Gasteiger partial charge is 0.508 e. The minimum Gasteiger partial charge on any atom is -0.508 e. The topological polar surface area (TPSA) is 20.2 Å². The monoisotopic (exact) mass is 346 g/mol. The molecule has 0 aliphatic heterocycles. The summed E-state index contributed by atoms with van der Waals surface area (Å²) in [5.74, 6) is 0.338. The molecule has 0 aliphatic rings. The maximum atomic E-state index is 8.81. The maximum absolute atomic E-state index is 8.81. The van der Waals surface area contributed by atoms with Crippen molar-refractivity contribution in [3.63, 3.8) is 0 Å². The summed E-state index contributed by atoms with van der Waals surface area (Å²) in [4.78, 5) is 0. The first-order valence-corrected chi connectivity index (χ1v) is 2.54. The third-order valence-electron chi connectivity index (χ3n) is 1.00. The molecule has 0 aliphatic carbocycles. The van der Waals surface area contributed by atoms with Crippen molar-refractivity contribution in [1.29, 1.82) is 0 Å². The average molecular weight is 346 g/mol. The third kappa shape index (κ3) is 2.93. The van der Waals surface area contributed by atoms with Crippen LogP contribution in [0.4, 0.5) is 0 Å². The van der Waals surface area contributed by atoms with Crippen molar-refractivity contribution in [3.8, 4) is 5.75 Å². The molecule has 0 aromatic heterocycles. The minimum atomic E-state index is 0. The van der Waals surface area contributed by atoms with Gasteiger partial charge in [-0.05, 0) is 24.6 Å². The Morgan fingerprint density at radius 3 is 2.33 bits per heavy atom. The number of phenolic OH excluding ortho intramolecular Hbond substituents is 1. The van der Waals surface area contributed by atoms with Crippen LogP contribution in [0.1, 0.15) is 5.56 Å². The van der Waals surface area contributed by atoms with Crippen LogP contribution >= 0.6 is 0 Å². The molecule has 46 valence electrons. The van der Waals surface area contributed by atoms with Crippen LogP contribution in [0, 0.1) is 38.0 Å². The number of hydrogen-bond donors (Lipinski definition) is 1. The molecule has 0 saturated heterocycles. The number of aromatic hydroxyl groups is 1. The van der Waals surface area contributed by atoms with Gasteiger partial charge in [-0.25, -0.2) is 0 Å². The van der Waals surface area contributed by atoms with Crippen molar-refractivity contribution in [2.45, 2.75) is 6.92 Å². The molecule has 1 aromatic carbocycles. The summed E-state index contributed by atoms with van der Waals surface area (Å²) in [6, 6.07) is 7.15. The van der Waals surface area contributed by atoms with E-state index < -0.39 is 0 Å². The van der Waals surface area contributed by atoms with Crippen LogP contribution in [0.3, 0.4) is 0 Å². The van der Waals surface area contributed by atoms with E-state index in [-0.39, 0.29) is 31.1 Å². The number of benzene rings is 1. The van der Waals surface area contributed by atoms with Gasteiger partial charge in [0.15, 0.2) is 0 Å². The molecule has 1 nitrogen and oxygen atoms in total. The molecule has 0 saturated carbocycles. The predicted molar refractivity (Wildman–Crippen MR) is 32.8 cm³/mol. The molecular weight excluding hydrogens is 338 g/mol. The van der Waals surface area contributed by atoms with Crippen molar-refractivity contribution in [3.05, 3.63) is 29.8 Å². The molecular formula is C7H8OU. The molecule has 1 rings (SSSR count). The van der Waals surface area contributed by atoms with Crippen LogP contribution in [0.2, 0.25) is 0 Å². The zero-order chi connectivity index (χ0) is 5.98. The number of rotatable bonds is 0. The third-order valence-corrected chi connectivity index (χ3v) is 1.00. The molecule has 2 heteroatoms. The van der Waals surface area contributed by atoms with Crippen LogP contribution < -0.4 is 0 Å². The van der Waals surface area contributed by atoms with Crippen molar-refractivity contribution >= 4 is 0 Å². The van der Waals surface area contributed by atoms with Crippen LogP contribution in [0.25, 0.3) is 0 Å². The number of aryl methyl sites for hydroxylation is 1.